The summed E-state index contributed by atoms with van der Waals surface area (Å²) in [5, 5.41) is 10.9. The summed E-state index contributed by atoms with van der Waals surface area (Å²) in [6, 6.07) is 12.9. The summed E-state index contributed by atoms with van der Waals surface area (Å²) in [7, 11) is 0. The molecule has 0 saturated heterocycles. The maximum Gasteiger partial charge on any atom is 0.347 e. The molecule has 37 heavy (non-hydrogen) atoms. The van der Waals surface area contributed by atoms with Crippen LogP contribution >= 0.6 is 11.6 Å². The fourth-order valence-electron chi connectivity index (χ4n) is 4.78. The average Bonchev–Trinajstić information content (AvgIpc) is 3.14. The number of allylic oxidation sites excluding steroid dienone is 3. The van der Waals surface area contributed by atoms with Gasteiger partial charge in [0.15, 0.2) is 17.1 Å². The molecule has 1 aliphatic heterocycles. The third kappa shape index (κ3) is 4.71. The van der Waals surface area contributed by atoms with Crippen molar-refractivity contribution in [2.45, 2.75) is 39.3 Å². The largest absolute Gasteiger partial charge is 0.490 e. The standard InChI is InChI=1S/C29H28ClNO6/c1-17-26(27(32)18-8-11-24-25(14-18)36-13-12-35-24)21-10-9-20(37-29(2,3)28(33)34)15-23(21)31(17)16-19-6-4-5-7-22(19)30/h4-11,15,18H,12-14,16H2,1-3H3,(H,33,34). The molecule has 0 saturated carbocycles. The van der Waals surface area contributed by atoms with Crippen LogP contribution in [0.1, 0.15) is 41.9 Å². The maximum atomic E-state index is 13.9. The van der Waals surface area contributed by atoms with E-state index in [1.54, 1.807) is 12.1 Å². The van der Waals surface area contributed by atoms with E-state index in [-0.39, 0.29) is 11.7 Å². The fraction of sp³-hybridized carbons (Fsp3) is 0.310. The third-order valence-corrected chi connectivity index (χ3v) is 7.20. The van der Waals surface area contributed by atoms with Crippen molar-refractivity contribution in [3.63, 3.8) is 0 Å². The summed E-state index contributed by atoms with van der Waals surface area (Å²) in [6.07, 6.45) is 4.13. The maximum absolute atomic E-state index is 13.9. The van der Waals surface area contributed by atoms with E-state index in [0.29, 0.717) is 54.0 Å². The molecule has 2 heterocycles. The molecule has 7 nitrogen and oxygen atoms in total. The lowest BCUT2D eigenvalue weighted by Crippen LogP contribution is -2.37. The van der Waals surface area contributed by atoms with Crippen LogP contribution in [-0.2, 0) is 20.8 Å². The first kappa shape index (κ1) is 25.0. The molecular formula is C29H28ClNO6. The van der Waals surface area contributed by atoms with Crippen LogP contribution in [0.5, 0.6) is 5.75 Å². The predicted molar refractivity (Wildman–Crippen MR) is 140 cm³/mol. The van der Waals surface area contributed by atoms with E-state index < -0.39 is 11.6 Å². The lowest BCUT2D eigenvalue weighted by molar-refractivity contribution is -0.152. The Balaban J connectivity index is 1.59. The summed E-state index contributed by atoms with van der Waals surface area (Å²) >= 11 is 6.48. The molecular weight excluding hydrogens is 494 g/mol. The molecule has 0 amide bonds. The second-order valence-electron chi connectivity index (χ2n) is 9.75. The molecule has 0 spiro atoms. The van der Waals surface area contributed by atoms with E-state index in [4.69, 9.17) is 25.8 Å². The van der Waals surface area contributed by atoms with Crippen molar-refractivity contribution in [3.8, 4) is 5.75 Å². The number of hydrogen-bond donors (Lipinski definition) is 1. The number of nitrogens with zero attached hydrogens (tertiary/aromatic N) is 1. The number of Topliss-reactive ketones (excluding diaryl/α,β-unsaturated/α-hetero) is 1. The SMILES string of the molecule is Cc1c(C(=O)C2C=CC3=C(C2)OCCO3)c2ccc(OC(C)(C)C(=O)O)cc2n1Cc1ccccc1Cl. The van der Waals surface area contributed by atoms with Crippen molar-refractivity contribution in [3.05, 3.63) is 88.0 Å². The molecule has 1 atom stereocenters. The zero-order valence-corrected chi connectivity index (χ0v) is 21.7. The number of carbonyl (C=O) groups is 2. The van der Waals surface area contributed by atoms with Gasteiger partial charge in [0.1, 0.15) is 24.7 Å². The van der Waals surface area contributed by atoms with Gasteiger partial charge < -0.3 is 23.9 Å². The molecule has 0 radical (unpaired) electrons. The van der Waals surface area contributed by atoms with Crippen LogP contribution < -0.4 is 4.74 Å². The number of aromatic nitrogens is 1. The molecule has 0 fully saturated rings. The smallest absolute Gasteiger partial charge is 0.347 e. The first-order valence-electron chi connectivity index (χ1n) is 12.2. The number of hydrogen-bond acceptors (Lipinski definition) is 5. The minimum absolute atomic E-state index is 0.0167. The van der Waals surface area contributed by atoms with Crippen LogP contribution in [0.15, 0.2) is 66.1 Å². The Bertz CT molecular complexity index is 1460. The quantitative estimate of drug-likeness (QED) is 0.389. The van der Waals surface area contributed by atoms with Gasteiger partial charge >= 0.3 is 5.97 Å². The number of carbonyl (C=O) groups excluding carboxylic acids is 1. The number of ketones is 1. The number of rotatable bonds is 7. The zero-order chi connectivity index (χ0) is 26.3. The van der Waals surface area contributed by atoms with E-state index in [0.717, 1.165) is 22.2 Å². The number of fused-ring (bicyclic) bond motifs is 1. The molecule has 0 bridgehead atoms. The first-order valence-corrected chi connectivity index (χ1v) is 12.5. The van der Waals surface area contributed by atoms with Gasteiger partial charge in [-0.25, -0.2) is 4.79 Å². The Morgan fingerprint density at radius 1 is 1.16 bits per heavy atom. The minimum atomic E-state index is -1.41. The summed E-state index contributed by atoms with van der Waals surface area (Å²) in [6.45, 7) is 6.33. The lowest BCUT2D eigenvalue weighted by atomic mass is 9.89. The van der Waals surface area contributed by atoms with Crippen molar-refractivity contribution in [1.82, 2.24) is 4.57 Å². The molecule has 8 heteroatoms. The third-order valence-electron chi connectivity index (χ3n) is 6.83. The Morgan fingerprint density at radius 2 is 1.92 bits per heavy atom. The molecule has 1 unspecified atom stereocenters. The monoisotopic (exact) mass is 521 g/mol. The second kappa shape index (κ2) is 9.63. The van der Waals surface area contributed by atoms with Crippen molar-refractivity contribution in [2.24, 2.45) is 5.92 Å². The van der Waals surface area contributed by atoms with E-state index in [9.17, 15) is 14.7 Å². The van der Waals surface area contributed by atoms with Crippen LogP contribution in [-0.4, -0.2) is 40.2 Å². The van der Waals surface area contributed by atoms with Crippen molar-refractivity contribution in [1.29, 1.82) is 0 Å². The van der Waals surface area contributed by atoms with Crippen molar-refractivity contribution < 1.29 is 28.9 Å². The molecule has 2 aliphatic rings. The summed E-state index contributed by atoms with van der Waals surface area (Å²) in [5.74, 6) is 0.319. The Labute approximate surface area is 219 Å². The van der Waals surface area contributed by atoms with Gasteiger partial charge in [0.2, 0.25) is 0 Å². The summed E-state index contributed by atoms with van der Waals surface area (Å²) in [5.41, 5.74) is 1.66. The van der Waals surface area contributed by atoms with Crippen LogP contribution in [0.2, 0.25) is 5.02 Å². The molecule has 3 aromatic rings. The highest BCUT2D eigenvalue weighted by Crippen LogP contribution is 2.36. The van der Waals surface area contributed by atoms with Crippen molar-refractivity contribution >= 4 is 34.3 Å². The van der Waals surface area contributed by atoms with Crippen molar-refractivity contribution in [2.75, 3.05) is 13.2 Å². The highest BCUT2D eigenvalue weighted by Gasteiger charge is 2.32. The number of carboxylic acids is 1. The van der Waals surface area contributed by atoms with E-state index >= 15 is 0 Å². The molecule has 192 valence electrons. The topological polar surface area (TPSA) is 87.0 Å². The van der Waals surface area contributed by atoms with Gasteiger partial charge in [-0.3, -0.25) is 4.79 Å². The van der Waals surface area contributed by atoms with Crippen LogP contribution in [0.3, 0.4) is 0 Å². The Kier molecular flexibility index (Phi) is 6.50. The summed E-state index contributed by atoms with van der Waals surface area (Å²) < 4.78 is 19.3. The molecule has 1 aromatic heterocycles. The van der Waals surface area contributed by atoms with Gasteiger partial charge in [0.05, 0.1) is 5.52 Å². The van der Waals surface area contributed by atoms with E-state index in [2.05, 4.69) is 0 Å². The van der Waals surface area contributed by atoms with Gasteiger partial charge in [0, 0.05) is 46.6 Å². The molecule has 1 aliphatic carbocycles. The van der Waals surface area contributed by atoms with Gasteiger partial charge in [0.25, 0.3) is 0 Å². The van der Waals surface area contributed by atoms with E-state index in [1.807, 2.05) is 54.0 Å². The zero-order valence-electron chi connectivity index (χ0n) is 20.9. The van der Waals surface area contributed by atoms with Crippen LogP contribution in [0.4, 0.5) is 0 Å². The fourth-order valence-corrected chi connectivity index (χ4v) is 4.97. The van der Waals surface area contributed by atoms with Gasteiger partial charge in [-0.05, 0) is 50.6 Å². The molecule has 2 aromatic carbocycles. The Morgan fingerprint density at radius 3 is 2.68 bits per heavy atom. The number of benzene rings is 2. The molecule has 5 rings (SSSR count). The lowest BCUT2D eigenvalue weighted by Gasteiger charge is -2.26. The van der Waals surface area contributed by atoms with Gasteiger partial charge in [-0.1, -0.05) is 35.9 Å². The van der Waals surface area contributed by atoms with Crippen LogP contribution in [0.25, 0.3) is 10.9 Å². The first-order chi connectivity index (χ1) is 17.7. The number of ether oxygens (including phenoxy) is 3. The molecule has 1 N–H and O–H groups in total. The number of carboxylic acid groups (broad SMARTS) is 1. The predicted octanol–water partition coefficient (Wildman–Crippen LogP) is 5.91. The van der Waals surface area contributed by atoms with Gasteiger partial charge in [-0.2, -0.15) is 0 Å². The number of aliphatic carboxylic acids is 1. The second-order valence-corrected chi connectivity index (χ2v) is 10.2. The summed E-state index contributed by atoms with van der Waals surface area (Å²) in [4.78, 5) is 25.6. The Hall–Kier alpha value is -3.71. The minimum Gasteiger partial charge on any atom is -0.490 e. The van der Waals surface area contributed by atoms with E-state index in [1.165, 1.54) is 13.8 Å². The normalized spacial score (nSPS) is 17.2. The number of halogens is 1. The highest BCUT2D eigenvalue weighted by atomic mass is 35.5. The van der Waals surface area contributed by atoms with Gasteiger partial charge in [-0.15, -0.1) is 0 Å². The highest BCUT2D eigenvalue weighted by molar-refractivity contribution is 6.31. The average molecular weight is 522 g/mol. The van der Waals surface area contributed by atoms with Crippen LogP contribution in [0, 0.1) is 12.8 Å².